The number of carbonyl (C=O) groups is 1. The van der Waals surface area contributed by atoms with Gasteiger partial charge in [0.1, 0.15) is 5.75 Å². The van der Waals surface area contributed by atoms with Crippen molar-refractivity contribution in [2.75, 3.05) is 13.7 Å². The Balaban J connectivity index is 2.49. The van der Waals surface area contributed by atoms with Gasteiger partial charge >= 0.3 is 0 Å². The predicted octanol–water partition coefficient (Wildman–Crippen LogP) is 2.35. The van der Waals surface area contributed by atoms with Crippen molar-refractivity contribution in [2.24, 2.45) is 0 Å². The maximum absolute atomic E-state index is 11.8. The van der Waals surface area contributed by atoms with Crippen molar-refractivity contribution in [3.8, 4) is 5.75 Å². The second kappa shape index (κ2) is 7.38. The van der Waals surface area contributed by atoms with Gasteiger partial charge in [-0.3, -0.25) is 4.79 Å². The fourth-order valence-corrected chi connectivity index (χ4v) is 2.05. The molecule has 0 aromatic heterocycles. The minimum absolute atomic E-state index is 0.121. The molecule has 1 aromatic rings. The Hall–Kier alpha value is -1.07. The standard InChI is InChI=1S/C13H18BrNO3/c1-9(16)4-3-7-15-13(17)10-5-6-12(18-2)11(14)8-10/h5-6,8-9,16H,3-4,7H2,1-2H3,(H,15,17). The van der Waals surface area contributed by atoms with Crippen LogP contribution in [0.1, 0.15) is 30.1 Å². The molecule has 0 fully saturated rings. The summed E-state index contributed by atoms with van der Waals surface area (Å²) in [6.45, 7) is 2.30. The average Bonchev–Trinajstić information content (AvgIpc) is 2.34. The molecule has 5 heteroatoms. The van der Waals surface area contributed by atoms with Gasteiger partial charge in [-0.1, -0.05) is 0 Å². The van der Waals surface area contributed by atoms with Gasteiger partial charge in [-0.05, 0) is 53.9 Å². The lowest BCUT2D eigenvalue weighted by Gasteiger charge is -2.08. The van der Waals surface area contributed by atoms with Crippen LogP contribution in [0.15, 0.2) is 22.7 Å². The topological polar surface area (TPSA) is 58.6 Å². The Bertz CT molecular complexity index is 407. The molecule has 1 aromatic carbocycles. The zero-order valence-corrected chi connectivity index (χ0v) is 12.2. The molecular formula is C13H18BrNO3. The van der Waals surface area contributed by atoms with E-state index < -0.39 is 0 Å². The van der Waals surface area contributed by atoms with E-state index in [1.165, 1.54) is 0 Å². The molecule has 0 radical (unpaired) electrons. The van der Waals surface area contributed by atoms with Crippen LogP contribution in [0.5, 0.6) is 5.75 Å². The Kier molecular flexibility index (Phi) is 6.15. The van der Waals surface area contributed by atoms with E-state index in [1.54, 1.807) is 32.2 Å². The molecule has 0 saturated heterocycles. The number of nitrogens with one attached hydrogen (secondary N) is 1. The average molecular weight is 316 g/mol. The van der Waals surface area contributed by atoms with Crippen LogP contribution in [0.25, 0.3) is 0 Å². The molecule has 1 rings (SSSR count). The molecule has 0 heterocycles. The fourth-order valence-electron chi connectivity index (χ4n) is 1.51. The predicted molar refractivity (Wildman–Crippen MR) is 73.9 cm³/mol. The van der Waals surface area contributed by atoms with E-state index >= 15 is 0 Å². The highest BCUT2D eigenvalue weighted by Gasteiger charge is 2.08. The third-order valence-corrected chi connectivity index (χ3v) is 3.12. The van der Waals surface area contributed by atoms with Gasteiger partial charge in [0.25, 0.3) is 5.91 Å². The summed E-state index contributed by atoms with van der Waals surface area (Å²) < 4.78 is 5.85. The highest BCUT2D eigenvalue weighted by atomic mass is 79.9. The SMILES string of the molecule is COc1ccc(C(=O)NCCCC(C)O)cc1Br. The van der Waals surface area contributed by atoms with Crippen molar-refractivity contribution in [3.05, 3.63) is 28.2 Å². The Morgan fingerprint density at radius 1 is 1.56 bits per heavy atom. The lowest BCUT2D eigenvalue weighted by atomic mass is 10.2. The van der Waals surface area contributed by atoms with Crippen molar-refractivity contribution in [2.45, 2.75) is 25.9 Å². The van der Waals surface area contributed by atoms with Crippen LogP contribution in [-0.4, -0.2) is 30.8 Å². The van der Waals surface area contributed by atoms with Crippen molar-refractivity contribution >= 4 is 21.8 Å². The number of methoxy groups -OCH3 is 1. The highest BCUT2D eigenvalue weighted by Crippen LogP contribution is 2.25. The first kappa shape index (κ1) is 15.0. The smallest absolute Gasteiger partial charge is 0.251 e. The van der Waals surface area contributed by atoms with Crippen molar-refractivity contribution < 1.29 is 14.6 Å². The first-order valence-corrected chi connectivity index (χ1v) is 6.63. The lowest BCUT2D eigenvalue weighted by Crippen LogP contribution is -2.25. The van der Waals surface area contributed by atoms with Crippen LogP contribution < -0.4 is 10.1 Å². The van der Waals surface area contributed by atoms with Crippen LogP contribution >= 0.6 is 15.9 Å². The molecule has 100 valence electrons. The molecule has 1 amide bonds. The van der Waals surface area contributed by atoms with E-state index in [1.807, 2.05) is 0 Å². The van der Waals surface area contributed by atoms with E-state index in [9.17, 15) is 4.79 Å². The van der Waals surface area contributed by atoms with Crippen molar-refractivity contribution in [1.29, 1.82) is 0 Å². The number of amides is 1. The molecular weight excluding hydrogens is 298 g/mol. The van der Waals surface area contributed by atoms with Crippen LogP contribution in [0.4, 0.5) is 0 Å². The minimum atomic E-state index is -0.322. The largest absolute Gasteiger partial charge is 0.496 e. The lowest BCUT2D eigenvalue weighted by molar-refractivity contribution is 0.0949. The Morgan fingerprint density at radius 3 is 2.83 bits per heavy atom. The van der Waals surface area contributed by atoms with E-state index in [0.29, 0.717) is 24.3 Å². The third kappa shape index (κ3) is 4.66. The van der Waals surface area contributed by atoms with Gasteiger partial charge in [0.2, 0.25) is 0 Å². The third-order valence-electron chi connectivity index (χ3n) is 2.50. The molecule has 0 spiro atoms. The summed E-state index contributed by atoms with van der Waals surface area (Å²) in [6.07, 6.45) is 1.13. The summed E-state index contributed by atoms with van der Waals surface area (Å²) in [4.78, 5) is 11.8. The van der Waals surface area contributed by atoms with E-state index in [2.05, 4.69) is 21.2 Å². The van der Waals surface area contributed by atoms with E-state index in [-0.39, 0.29) is 12.0 Å². The van der Waals surface area contributed by atoms with Crippen LogP contribution in [-0.2, 0) is 0 Å². The summed E-state index contributed by atoms with van der Waals surface area (Å²) in [5.41, 5.74) is 0.583. The number of ether oxygens (including phenoxy) is 1. The highest BCUT2D eigenvalue weighted by molar-refractivity contribution is 9.10. The van der Waals surface area contributed by atoms with Crippen molar-refractivity contribution in [1.82, 2.24) is 5.32 Å². The van der Waals surface area contributed by atoms with Crippen LogP contribution in [0.2, 0.25) is 0 Å². The second-order valence-electron chi connectivity index (χ2n) is 4.10. The number of rotatable bonds is 6. The number of aliphatic hydroxyl groups is 1. The summed E-state index contributed by atoms with van der Waals surface area (Å²) in [7, 11) is 1.58. The molecule has 4 nitrogen and oxygen atoms in total. The first-order chi connectivity index (χ1) is 8.54. The van der Waals surface area contributed by atoms with Crippen LogP contribution in [0.3, 0.4) is 0 Å². The minimum Gasteiger partial charge on any atom is -0.496 e. The van der Waals surface area contributed by atoms with Gasteiger partial charge in [-0.2, -0.15) is 0 Å². The van der Waals surface area contributed by atoms with Gasteiger partial charge in [-0.15, -0.1) is 0 Å². The first-order valence-electron chi connectivity index (χ1n) is 5.84. The zero-order valence-electron chi connectivity index (χ0n) is 10.6. The molecule has 0 aliphatic heterocycles. The number of hydrogen-bond acceptors (Lipinski definition) is 3. The fraction of sp³-hybridized carbons (Fsp3) is 0.462. The maximum atomic E-state index is 11.8. The monoisotopic (exact) mass is 315 g/mol. The molecule has 1 unspecified atom stereocenters. The molecule has 18 heavy (non-hydrogen) atoms. The van der Waals surface area contributed by atoms with Gasteiger partial charge in [0.15, 0.2) is 0 Å². The normalized spacial score (nSPS) is 12.0. The second-order valence-corrected chi connectivity index (χ2v) is 4.95. The quantitative estimate of drug-likeness (QED) is 0.792. The molecule has 0 aliphatic rings. The Morgan fingerprint density at radius 2 is 2.28 bits per heavy atom. The van der Waals surface area contributed by atoms with Crippen LogP contribution in [0, 0.1) is 0 Å². The van der Waals surface area contributed by atoms with Gasteiger partial charge in [0, 0.05) is 12.1 Å². The Labute approximate surface area is 115 Å². The van der Waals surface area contributed by atoms with Gasteiger partial charge in [0.05, 0.1) is 17.7 Å². The summed E-state index contributed by atoms with van der Waals surface area (Å²) >= 11 is 3.34. The summed E-state index contributed by atoms with van der Waals surface area (Å²) in [5.74, 6) is 0.574. The maximum Gasteiger partial charge on any atom is 0.251 e. The zero-order chi connectivity index (χ0) is 13.5. The number of halogens is 1. The van der Waals surface area contributed by atoms with Gasteiger partial charge in [-0.25, -0.2) is 0 Å². The number of carbonyl (C=O) groups excluding carboxylic acids is 1. The molecule has 2 N–H and O–H groups in total. The molecule has 0 aliphatic carbocycles. The summed E-state index contributed by atoms with van der Waals surface area (Å²) in [6, 6.07) is 5.19. The van der Waals surface area contributed by atoms with Gasteiger partial charge < -0.3 is 15.2 Å². The molecule has 0 saturated carbocycles. The number of hydrogen-bond donors (Lipinski definition) is 2. The number of aliphatic hydroxyl groups excluding tert-OH is 1. The molecule has 1 atom stereocenters. The summed E-state index contributed by atoms with van der Waals surface area (Å²) in [5, 5.41) is 11.9. The van der Waals surface area contributed by atoms with Crippen molar-refractivity contribution in [3.63, 3.8) is 0 Å². The van der Waals surface area contributed by atoms with E-state index in [0.717, 1.165) is 10.9 Å². The van der Waals surface area contributed by atoms with E-state index in [4.69, 9.17) is 9.84 Å². The number of benzene rings is 1. The molecule has 0 bridgehead atoms.